The van der Waals surface area contributed by atoms with Gasteiger partial charge in [0.2, 0.25) is 0 Å². The van der Waals surface area contributed by atoms with E-state index in [1.54, 1.807) is 30.6 Å². The predicted octanol–water partition coefficient (Wildman–Crippen LogP) is 5.65. The number of nitrogens with zero attached hydrogens (tertiary/aromatic N) is 3. The van der Waals surface area contributed by atoms with Gasteiger partial charge in [-0.2, -0.15) is 13.1 Å². The van der Waals surface area contributed by atoms with Gasteiger partial charge in [-0.25, -0.2) is 8.42 Å². The first-order valence-electron chi connectivity index (χ1n) is 10.2. The maximum Gasteiger partial charge on any atom is 0.256 e. The van der Waals surface area contributed by atoms with E-state index in [1.165, 1.54) is 14.1 Å². The van der Waals surface area contributed by atoms with Crippen molar-refractivity contribution in [3.05, 3.63) is 27.3 Å². The molecule has 3 N–H and O–H groups in total. The van der Waals surface area contributed by atoms with Gasteiger partial charge in [0, 0.05) is 28.2 Å². The Morgan fingerprint density at radius 1 is 1.16 bits per heavy atom. The average molecular weight is 516 g/mol. The first kappa shape index (κ1) is 24.9. The van der Waals surface area contributed by atoms with Crippen LogP contribution in [0.25, 0.3) is 0 Å². The van der Waals surface area contributed by atoms with Crippen LogP contribution in [0, 0.1) is 12.3 Å². The highest BCUT2D eigenvalue weighted by Gasteiger charge is 2.31. The van der Waals surface area contributed by atoms with Gasteiger partial charge in [-0.1, -0.05) is 34.6 Å². The van der Waals surface area contributed by atoms with Crippen molar-refractivity contribution in [2.75, 3.05) is 23.7 Å². The van der Waals surface area contributed by atoms with E-state index in [0.717, 1.165) is 23.1 Å². The molecule has 3 aromatic rings. The fourth-order valence-electron chi connectivity index (χ4n) is 3.24. The molecule has 12 heteroatoms. The lowest BCUT2D eigenvalue weighted by molar-refractivity contribution is 0.351. The molecule has 32 heavy (non-hydrogen) atoms. The Hall–Kier alpha value is -1.73. The van der Waals surface area contributed by atoms with Gasteiger partial charge in [-0.05, 0) is 24.5 Å². The van der Waals surface area contributed by atoms with E-state index in [2.05, 4.69) is 59.2 Å². The molecular formula is C20H29N5O3S4. The van der Waals surface area contributed by atoms with Crippen LogP contribution in [0.15, 0.2) is 21.7 Å². The summed E-state index contributed by atoms with van der Waals surface area (Å²) in [6.07, 6.45) is 0. The van der Waals surface area contributed by atoms with Crippen molar-refractivity contribution < 1.29 is 13.5 Å². The van der Waals surface area contributed by atoms with Crippen LogP contribution < -0.4 is 10.6 Å². The Kier molecular flexibility index (Phi) is 7.50. The molecule has 0 saturated carbocycles. The number of hydrogen-bond donors (Lipinski definition) is 3. The van der Waals surface area contributed by atoms with Crippen LogP contribution >= 0.6 is 34.4 Å². The minimum Gasteiger partial charge on any atom is -0.504 e. The number of thiophene rings is 2. The summed E-state index contributed by atoms with van der Waals surface area (Å²) in [5.41, 5.74) is 0.198. The van der Waals surface area contributed by atoms with Crippen molar-refractivity contribution in [2.24, 2.45) is 5.41 Å². The van der Waals surface area contributed by atoms with E-state index in [4.69, 9.17) is 0 Å². The molecule has 0 aliphatic heterocycles. The number of aryl methyl sites for hydroxylation is 1. The lowest BCUT2D eigenvalue weighted by atomic mass is 9.86. The Morgan fingerprint density at radius 2 is 1.81 bits per heavy atom. The second kappa shape index (κ2) is 9.64. The zero-order valence-corrected chi connectivity index (χ0v) is 22.2. The third kappa shape index (κ3) is 5.09. The monoisotopic (exact) mass is 515 g/mol. The summed E-state index contributed by atoms with van der Waals surface area (Å²) in [7, 11) is -3.76. The molecular weight excluding hydrogens is 487 g/mol. The Morgan fingerprint density at radius 3 is 2.38 bits per heavy atom. The molecule has 0 aliphatic carbocycles. The lowest BCUT2D eigenvalue weighted by Crippen LogP contribution is -2.30. The van der Waals surface area contributed by atoms with Crippen molar-refractivity contribution in [2.45, 2.75) is 51.8 Å². The zero-order valence-electron chi connectivity index (χ0n) is 19.0. The fourth-order valence-corrected chi connectivity index (χ4v) is 7.72. The second-order valence-corrected chi connectivity index (χ2v) is 13.2. The standard InChI is InChI=1S/C20H29N5O3S4/c1-7-25(8-2)32(27,28)19-15(26)13(11-29-19)21-17-18(24-31-23-17)22-16(20(4,5)6)14-10-9-12(3)30-14/h9-11,16,26H,7-8H2,1-6H3,(H,21,23)(H,22,24)/t16-/m0/s1. The van der Waals surface area contributed by atoms with E-state index in [0.29, 0.717) is 24.7 Å². The minimum absolute atomic E-state index is 0.000303. The molecule has 0 radical (unpaired) electrons. The molecule has 3 aromatic heterocycles. The number of hydrogen-bond acceptors (Lipinski definition) is 10. The summed E-state index contributed by atoms with van der Waals surface area (Å²) in [6, 6.07) is 4.21. The summed E-state index contributed by atoms with van der Waals surface area (Å²) in [6.45, 7) is 12.7. The van der Waals surface area contributed by atoms with E-state index >= 15 is 0 Å². The third-order valence-corrected chi connectivity index (χ3v) is 10.1. The molecule has 0 spiro atoms. The predicted molar refractivity (Wildman–Crippen MR) is 134 cm³/mol. The quantitative estimate of drug-likeness (QED) is 0.338. The molecule has 0 amide bonds. The molecule has 0 fully saturated rings. The third-order valence-electron chi connectivity index (χ3n) is 4.95. The first-order valence-corrected chi connectivity index (χ1v) is 14.1. The average Bonchev–Trinajstić information content (AvgIpc) is 3.41. The highest BCUT2D eigenvalue weighted by atomic mass is 32.2. The second-order valence-electron chi connectivity index (χ2n) is 8.35. The number of anilines is 3. The van der Waals surface area contributed by atoms with Crippen LogP contribution in [-0.4, -0.2) is 39.7 Å². The number of nitrogens with one attached hydrogen (secondary N) is 2. The highest BCUT2D eigenvalue weighted by molar-refractivity contribution is 7.91. The molecule has 0 aromatic carbocycles. The summed E-state index contributed by atoms with van der Waals surface area (Å²) in [5, 5.41) is 18.8. The summed E-state index contributed by atoms with van der Waals surface area (Å²) in [4.78, 5) is 2.43. The van der Waals surface area contributed by atoms with Crippen molar-refractivity contribution in [3.8, 4) is 5.75 Å². The molecule has 3 rings (SSSR count). The maximum absolute atomic E-state index is 12.8. The van der Waals surface area contributed by atoms with E-state index in [9.17, 15) is 13.5 Å². The molecule has 0 aliphatic rings. The van der Waals surface area contributed by atoms with Gasteiger partial charge >= 0.3 is 0 Å². The maximum atomic E-state index is 12.8. The number of aromatic nitrogens is 2. The van der Waals surface area contributed by atoms with Gasteiger partial charge < -0.3 is 15.7 Å². The summed E-state index contributed by atoms with van der Waals surface area (Å²) in [5.74, 6) is 0.694. The smallest absolute Gasteiger partial charge is 0.256 e. The van der Waals surface area contributed by atoms with Crippen LogP contribution in [0.2, 0.25) is 0 Å². The van der Waals surface area contributed by atoms with E-state index in [-0.39, 0.29) is 27.1 Å². The van der Waals surface area contributed by atoms with Crippen molar-refractivity contribution in [1.29, 1.82) is 0 Å². The van der Waals surface area contributed by atoms with Gasteiger partial charge in [-0.15, -0.1) is 22.7 Å². The number of sulfonamides is 1. The normalized spacial score (nSPS) is 13.5. The van der Waals surface area contributed by atoms with E-state index in [1.807, 2.05) is 0 Å². The SMILES string of the molecule is CCN(CC)S(=O)(=O)c1scc(Nc2nsnc2N[C@@H](c2ccc(C)s2)C(C)(C)C)c1O. The van der Waals surface area contributed by atoms with Crippen LogP contribution in [0.1, 0.15) is 50.4 Å². The molecule has 0 unspecified atom stereocenters. The zero-order chi connectivity index (χ0) is 23.7. The Bertz CT molecular complexity index is 1160. The van der Waals surface area contributed by atoms with Gasteiger partial charge in [0.15, 0.2) is 21.6 Å². The van der Waals surface area contributed by atoms with Crippen molar-refractivity contribution >= 4 is 61.7 Å². The topological polar surface area (TPSA) is 107 Å². The molecule has 1 atom stereocenters. The Labute approximate surface area is 201 Å². The minimum atomic E-state index is -3.76. The number of rotatable bonds is 9. The summed E-state index contributed by atoms with van der Waals surface area (Å²) < 4.78 is 35.6. The van der Waals surface area contributed by atoms with Gasteiger partial charge in [-0.3, -0.25) is 0 Å². The van der Waals surface area contributed by atoms with Gasteiger partial charge in [0.1, 0.15) is 0 Å². The number of aromatic hydroxyl groups is 1. The largest absolute Gasteiger partial charge is 0.504 e. The molecule has 0 bridgehead atoms. The summed E-state index contributed by atoms with van der Waals surface area (Å²) >= 11 is 3.76. The molecule has 0 saturated heterocycles. The molecule has 176 valence electrons. The van der Waals surface area contributed by atoms with Gasteiger partial charge in [0.05, 0.1) is 23.5 Å². The van der Waals surface area contributed by atoms with Crippen LogP contribution in [0.3, 0.4) is 0 Å². The Balaban J connectivity index is 1.88. The van der Waals surface area contributed by atoms with Crippen LogP contribution in [0.5, 0.6) is 5.75 Å². The first-order chi connectivity index (χ1) is 15.0. The lowest BCUT2D eigenvalue weighted by Gasteiger charge is -2.31. The van der Waals surface area contributed by atoms with Gasteiger partial charge in [0.25, 0.3) is 10.0 Å². The highest BCUT2D eigenvalue weighted by Crippen LogP contribution is 2.43. The van der Waals surface area contributed by atoms with E-state index < -0.39 is 10.0 Å². The van der Waals surface area contributed by atoms with Crippen molar-refractivity contribution in [1.82, 2.24) is 13.1 Å². The molecule has 8 nitrogen and oxygen atoms in total. The van der Waals surface area contributed by atoms with Crippen LogP contribution in [0.4, 0.5) is 17.3 Å². The fraction of sp³-hybridized carbons (Fsp3) is 0.500. The van der Waals surface area contributed by atoms with Crippen LogP contribution in [-0.2, 0) is 10.0 Å². The molecule has 3 heterocycles. The van der Waals surface area contributed by atoms with Crippen molar-refractivity contribution in [3.63, 3.8) is 0 Å².